The summed E-state index contributed by atoms with van der Waals surface area (Å²) in [6.45, 7) is 2.54. The average molecular weight is 484 g/mol. The van der Waals surface area contributed by atoms with Crippen LogP contribution >= 0.6 is 0 Å². The van der Waals surface area contributed by atoms with Gasteiger partial charge in [-0.25, -0.2) is 5.43 Å². The first-order chi connectivity index (χ1) is 17.5. The Bertz CT molecular complexity index is 1390. The fourth-order valence-electron chi connectivity index (χ4n) is 3.71. The summed E-state index contributed by atoms with van der Waals surface area (Å²) in [6.07, 6.45) is 1.77. The number of non-ortho nitro benzene ring substituents is 1. The summed E-state index contributed by atoms with van der Waals surface area (Å²) >= 11 is 0. The highest BCUT2D eigenvalue weighted by atomic mass is 16.6. The molecule has 0 heterocycles. The lowest BCUT2D eigenvalue weighted by Gasteiger charge is -2.12. The van der Waals surface area contributed by atoms with Crippen molar-refractivity contribution in [3.05, 3.63) is 112 Å². The fraction of sp³-hybridized carbons (Fsp3) is 0.143. The molecule has 0 atom stereocenters. The quantitative estimate of drug-likeness (QED) is 0.184. The Morgan fingerprint density at radius 2 is 1.75 bits per heavy atom. The largest absolute Gasteiger partial charge is 0.490 e. The van der Waals surface area contributed by atoms with Crippen LogP contribution in [0.4, 0.5) is 5.69 Å². The van der Waals surface area contributed by atoms with E-state index in [4.69, 9.17) is 9.47 Å². The summed E-state index contributed by atoms with van der Waals surface area (Å²) in [5.74, 6) is 0.855. The summed E-state index contributed by atoms with van der Waals surface area (Å²) in [4.78, 5) is 22.8. The van der Waals surface area contributed by atoms with E-state index in [0.717, 1.165) is 27.5 Å². The highest BCUT2D eigenvalue weighted by Gasteiger charge is 2.09. The zero-order valence-corrected chi connectivity index (χ0v) is 19.7. The van der Waals surface area contributed by atoms with E-state index in [1.54, 1.807) is 36.5 Å². The van der Waals surface area contributed by atoms with E-state index in [0.29, 0.717) is 18.1 Å². The summed E-state index contributed by atoms with van der Waals surface area (Å²) in [5.41, 5.74) is 5.07. The third-order valence-electron chi connectivity index (χ3n) is 5.44. The van der Waals surface area contributed by atoms with Crippen molar-refractivity contribution in [3.63, 3.8) is 0 Å². The molecule has 0 saturated heterocycles. The number of nitrogens with one attached hydrogen (secondary N) is 1. The Balaban J connectivity index is 1.37. The molecule has 0 bridgehead atoms. The highest BCUT2D eigenvalue weighted by Crippen LogP contribution is 2.29. The minimum Gasteiger partial charge on any atom is -0.490 e. The molecule has 0 aliphatic heterocycles. The van der Waals surface area contributed by atoms with Gasteiger partial charge in [0.1, 0.15) is 6.61 Å². The lowest BCUT2D eigenvalue weighted by Crippen LogP contribution is -2.19. The van der Waals surface area contributed by atoms with Crippen molar-refractivity contribution in [2.24, 2.45) is 5.10 Å². The average Bonchev–Trinajstić information content (AvgIpc) is 2.89. The molecule has 0 aliphatic carbocycles. The van der Waals surface area contributed by atoms with Crippen LogP contribution in [-0.4, -0.2) is 23.7 Å². The van der Waals surface area contributed by atoms with Crippen LogP contribution < -0.4 is 14.9 Å². The first-order valence-electron chi connectivity index (χ1n) is 11.4. The van der Waals surface area contributed by atoms with Crippen molar-refractivity contribution >= 4 is 28.6 Å². The van der Waals surface area contributed by atoms with Gasteiger partial charge in [0.05, 0.1) is 24.2 Å². The molecule has 0 radical (unpaired) electrons. The monoisotopic (exact) mass is 483 g/mol. The van der Waals surface area contributed by atoms with Crippen molar-refractivity contribution in [1.82, 2.24) is 5.43 Å². The Kier molecular flexibility index (Phi) is 7.87. The van der Waals surface area contributed by atoms with E-state index in [2.05, 4.69) is 10.5 Å². The standard InChI is InChI=1S/C28H25N3O5/c1-2-35-27-16-21(12-15-26(27)36-19-20-10-13-24(14-11-20)31(33)34)18-29-30-28(32)17-23-8-5-7-22-6-3-4-9-25(22)23/h3-16,18H,2,17,19H2,1H3,(H,30,32)/b29-18-. The molecule has 182 valence electrons. The number of nitro benzene ring substituents is 1. The van der Waals surface area contributed by atoms with Crippen LogP contribution in [0.3, 0.4) is 0 Å². The van der Waals surface area contributed by atoms with Gasteiger partial charge in [-0.05, 0) is 64.7 Å². The maximum atomic E-state index is 12.4. The number of hydrogen-bond acceptors (Lipinski definition) is 6. The first-order valence-corrected chi connectivity index (χ1v) is 11.4. The van der Waals surface area contributed by atoms with Gasteiger partial charge in [-0.1, -0.05) is 42.5 Å². The molecule has 0 spiro atoms. The third kappa shape index (κ3) is 6.24. The Hall–Kier alpha value is -4.72. The number of hydrogen-bond donors (Lipinski definition) is 1. The molecule has 0 aromatic heterocycles. The second-order valence-electron chi connectivity index (χ2n) is 7.96. The molecule has 0 fully saturated rings. The topological polar surface area (TPSA) is 103 Å². The van der Waals surface area contributed by atoms with E-state index in [1.165, 1.54) is 12.1 Å². The maximum absolute atomic E-state index is 12.4. The number of benzene rings is 4. The predicted octanol–water partition coefficient (Wildman–Crippen LogP) is 5.42. The number of carbonyl (C=O) groups excluding carboxylic acids is 1. The van der Waals surface area contributed by atoms with Gasteiger partial charge in [0.2, 0.25) is 5.91 Å². The van der Waals surface area contributed by atoms with Gasteiger partial charge in [-0.15, -0.1) is 0 Å². The van der Waals surface area contributed by atoms with Gasteiger partial charge in [-0.3, -0.25) is 14.9 Å². The Labute approximate surface area is 208 Å². The lowest BCUT2D eigenvalue weighted by molar-refractivity contribution is -0.384. The number of fused-ring (bicyclic) bond motifs is 1. The number of ether oxygens (including phenoxy) is 2. The van der Waals surface area contributed by atoms with Crippen LogP contribution in [0.25, 0.3) is 10.8 Å². The molecule has 8 nitrogen and oxygen atoms in total. The number of hydrazone groups is 1. The molecular weight excluding hydrogens is 458 g/mol. The summed E-state index contributed by atoms with van der Waals surface area (Å²) < 4.78 is 11.6. The van der Waals surface area contributed by atoms with Gasteiger partial charge in [0, 0.05) is 12.1 Å². The lowest BCUT2D eigenvalue weighted by atomic mass is 10.0. The molecule has 36 heavy (non-hydrogen) atoms. The van der Waals surface area contributed by atoms with E-state index in [9.17, 15) is 14.9 Å². The smallest absolute Gasteiger partial charge is 0.269 e. The van der Waals surface area contributed by atoms with Crippen molar-refractivity contribution in [2.75, 3.05) is 6.61 Å². The summed E-state index contributed by atoms with van der Waals surface area (Å²) in [7, 11) is 0. The minimum atomic E-state index is -0.440. The van der Waals surface area contributed by atoms with Gasteiger partial charge < -0.3 is 9.47 Å². The van der Waals surface area contributed by atoms with Gasteiger partial charge in [0.15, 0.2) is 11.5 Å². The van der Waals surface area contributed by atoms with Crippen LogP contribution in [0.15, 0.2) is 90.0 Å². The second kappa shape index (κ2) is 11.6. The zero-order valence-electron chi connectivity index (χ0n) is 19.7. The highest BCUT2D eigenvalue weighted by molar-refractivity contribution is 5.90. The molecule has 4 aromatic rings. The predicted molar refractivity (Wildman–Crippen MR) is 138 cm³/mol. The normalized spacial score (nSPS) is 10.9. The Morgan fingerprint density at radius 1 is 0.972 bits per heavy atom. The SMILES string of the molecule is CCOc1cc(/C=N\NC(=O)Cc2cccc3ccccc23)ccc1OCc1ccc([N+](=O)[O-])cc1. The molecule has 0 unspecified atom stereocenters. The van der Waals surface area contributed by atoms with Gasteiger partial charge in [-0.2, -0.15) is 5.10 Å². The number of carbonyl (C=O) groups is 1. The Morgan fingerprint density at radius 3 is 2.53 bits per heavy atom. The molecule has 1 N–H and O–H groups in total. The van der Waals surface area contributed by atoms with Crippen LogP contribution in [-0.2, 0) is 17.8 Å². The molecule has 1 amide bonds. The molecule has 0 saturated carbocycles. The van der Waals surface area contributed by atoms with E-state index >= 15 is 0 Å². The van der Waals surface area contributed by atoms with Crippen LogP contribution in [0, 0.1) is 10.1 Å². The first kappa shape index (κ1) is 24.4. The second-order valence-corrected chi connectivity index (χ2v) is 7.96. The van der Waals surface area contributed by atoms with Gasteiger partial charge in [0.25, 0.3) is 5.69 Å². The summed E-state index contributed by atoms with van der Waals surface area (Å²) in [6, 6.07) is 25.4. The van der Waals surface area contributed by atoms with Crippen LogP contribution in [0.5, 0.6) is 11.5 Å². The number of nitrogens with zero attached hydrogens (tertiary/aromatic N) is 2. The van der Waals surface area contributed by atoms with Crippen LogP contribution in [0.2, 0.25) is 0 Å². The van der Waals surface area contributed by atoms with Crippen molar-refractivity contribution in [2.45, 2.75) is 20.0 Å². The van der Waals surface area contributed by atoms with Gasteiger partial charge >= 0.3 is 0 Å². The molecular formula is C28H25N3O5. The van der Waals surface area contributed by atoms with Crippen molar-refractivity contribution in [1.29, 1.82) is 0 Å². The van der Waals surface area contributed by atoms with E-state index in [1.807, 2.05) is 49.4 Å². The fourth-order valence-corrected chi connectivity index (χ4v) is 3.71. The molecule has 4 rings (SSSR count). The van der Waals surface area contributed by atoms with E-state index in [-0.39, 0.29) is 24.6 Å². The molecule has 4 aromatic carbocycles. The van der Waals surface area contributed by atoms with Crippen molar-refractivity contribution in [3.8, 4) is 11.5 Å². The van der Waals surface area contributed by atoms with Crippen LogP contribution in [0.1, 0.15) is 23.6 Å². The van der Waals surface area contributed by atoms with Crippen molar-refractivity contribution < 1.29 is 19.2 Å². The third-order valence-corrected chi connectivity index (χ3v) is 5.44. The molecule has 8 heteroatoms. The number of nitro groups is 1. The molecule has 0 aliphatic rings. The maximum Gasteiger partial charge on any atom is 0.269 e. The number of amides is 1. The zero-order chi connectivity index (χ0) is 25.3. The summed E-state index contributed by atoms with van der Waals surface area (Å²) in [5, 5.41) is 17.0. The van der Waals surface area contributed by atoms with E-state index < -0.39 is 4.92 Å². The number of rotatable bonds is 10. The minimum absolute atomic E-state index is 0.0293.